The number of carbonyl (C=O) groups excluding carboxylic acids is 1. The minimum Gasteiger partial charge on any atom is -0.495 e. The Morgan fingerprint density at radius 3 is 3.06 bits per heavy atom. The standard InChI is InChI=1S/C12H14N4O2/c1-18-11-7-9(3-4-10(11)13)15-12(17)8-16-6-2-5-14-16/h2-7H,8,13H2,1H3,(H,15,17). The zero-order valence-corrected chi connectivity index (χ0v) is 9.96. The smallest absolute Gasteiger partial charge is 0.246 e. The van der Waals surface area contributed by atoms with Gasteiger partial charge in [0.25, 0.3) is 0 Å². The number of nitrogens with two attached hydrogens (primary N) is 1. The first-order valence-electron chi connectivity index (χ1n) is 5.40. The molecule has 6 heteroatoms. The number of hydrogen-bond donors (Lipinski definition) is 2. The Labute approximate surface area is 104 Å². The van der Waals surface area contributed by atoms with Gasteiger partial charge in [-0.05, 0) is 18.2 Å². The molecule has 0 aliphatic heterocycles. The van der Waals surface area contributed by atoms with Gasteiger partial charge < -0.3 is 15.8 Å². The van der Waals surface area contributed by atoms with Crippen LogP contribution in [0.25, 0.3) is 0 Å². The average Bonchev–Trinajstić information content (AvgIpc) is 2.84. The molecular formula is C12H14N4O2. The van der Waals surface area contributed by atoms with E-state index in [1.165, 1.54) is 7.11 Å². The summed E-state index contributed by atoms with van der Waals surface area (Å²) < 4.78 is 6.62. The molecule has 94 valence electrons. The second-order valence-electron chi connectivity index (χ2n) is 3.71. The molecule has 0 fully saturated rings. The Kier molecular flexibility index (Phi) is 3.47. The van der Waals surface area contributed by atoms with Crippen molar-refractivity contribution >= 4 is 17.3 Å². The molecule has 1 heterocycles. The zero-order chi connectivity index (χ0) is 13.0. The predicted octanol–water partition coefficient (Wildman–Crippen LogP) is 1.11. The molecule has 1 aromatic heterocycles. The molecular weight excluding hydrogens is 232 g/mol. The average molecular weight is 246 g/mol. The lowest BCUT2D eigenvalue weighted by Gasteiger charge is -2.09. The number of ether oxygens (including phenoxy) is 1. The minimum atomic E-state index is -0.162. The summed E-state index contributed by atoms with van der Waals surface area (Å²) in [5, 5.41) is 6.70. The molecule has 1 amide bonds. The Hall–Kier alpha value is -2.50. The summed E-state index contributed by atoms with van der Waals surface area (Å²) >= 11 is 0. The normalized spacial score (nSPS) is 10.1. The Balaban J connectivity index is 2.03. The van der Waals surface area contributed by atoms with Crippen molar-refractivity contribution in [3.05, 3.63) is 36.7 Å². The van der Waals surface area contributed by atoms with E-state index in [0.29, 0.717) is 17.1 Å². The van der Waals surface area contributed by atoms with E-state index in [1.54, 1.807) is 41.3 Å². The minimum absolute atomic E-state index is 0.162. The molecule has 0 saturated carbocycles. The summed E-state index contributed by atoms with van der Waals surface area (Å²) in [4.78, 5) is 11.7. The lowest BCUT2D eigenvalue weighted by molar-refractivity contribution is -0.116. The topological polar surface area (TPSA) is 82.2 Å². The van der Waals surface area contributed by atoms with Crippen molar-refractivity contribution in [3.63, 3.8) is 0 Å². The highest BCUT2D eigenvalue weighted by Gasteiger charge is 2.06. The van der Waals surface area contributed by atoms with Crippen LogP contribution in [-0.2, 0) is 11.3 Å². The van der Waals surface area contributed by atoms with Gasteiger partial charge in [0.15, 0.2) is 0 Å². The maximum absolute atomic E-state index is 11.7. The Bertz CT molecular complexity index is 537. The fourth-order valence-corrected chi connectivity index (χ4v) is 1.53. The van der Waals surface area contributed by atoms with E-state index in [4.69, 9.17) is 10.5 Å². The van der Waals surface area contributed by atoms with Gasteiger partial charge in [-0.15, -0.1) is 0 Å². The molecule has 0 unspecified atom stereocenters. The SMILES string of the molecule is COc1cc(NC(=O)Cn2cccn2)ccc1N. The molecule has 0 aliphatic rings. The number of nitrogens with zero attached hydrogens (tertiary/aromatic N) is 2. The van der Waals surface area contributed by atoms with Crippen molar-refractivity contribution in [1.29, 1.82) is 0 Å². The number of rotatable bonds is 4. The van der Waals surface area contributed by atoms with Crippen molar-refractivity contribution in [2.24, 2.45) is 0 Å². The molecule has 0 aliphatic carbocycles. The van der Waals surface area contributed by atoms with E-state index in [2.05, 4.69) is 10.4 Å². The van der Waals surface area contributed by atoms with E-state index < -0.39 is 0 Å². The Morgan fingerprint density at radius 2 is 2.39 bits per heavy atom. The van der Waals surface area contributed by atoms with E-state index in [0.717, 1.165) is 0 Å². The lowest BCUT2D eigenvalue weighted by atomic mass is 10.2. The van der Waals surface area contributed by atoms with Crippen LogP contribution in [0.5, 0.6) is 5.75 Å². The van der Waals surface area contributed by atoms with Crippen molar-refractivity contribution in [2.75, 3.05) is 18.2 Å². The van der Waals surface area contributed by atoms with Gasteiger partial charge >= 0.3 is 0 Å². The summed E-state index contributed by atoms with van der Waals surface area (Å²) in [6, 6.07) is 6.84. The summed E-state index contributed by atoms with van der Waals surface area (Å²) in [5.41, 5.74) is 6.86. The fraction of sp³-hybridized carbons (Fsp3) is 0.167. The molecule has 0 atom stereocenters. The summed E-state index contributed by atoms with van der Waals surface area (Å²) in [7, 11) is 1.53. The number of nitrogen functional groups attached to an aromatic ring is 1. The first-order valence-corrected chi connectivity index (χ1v) is 5.40. The van der Waals surface area contributed by atoms with E-state index in [1.807, 2.05) is 0 Å². The lowest BCUT2D eigenvalue weighted by Crippen LogP contribution is -2.19. The first kappa shape index (κ1) is 12.0. The Morgan fingerprint density at radius 1 is 1.56 bits per heavy atom. The number of aromatic nitrogens is 2. The van der Waals surface area contributed by atoms with Crippen molar-refractivity contribution in [3.8, 4) is 5.75 Å². The van der Waals surface area contributed by atoms with Crippen molar-refractivity contribution in [2.45, 2.75) is 6.54 Å². The molecule has 2 aromatic rings. The van der Waals surface area contributed by atoms with Crippen LogP contribution >= 0.6 is 0 Å². The van der Waals surface area contributed by atoms with E-state index in [9.17, 15) is 4.79 Å². The van der Waals surface area contributed by atoms with Gasteiger partial charge in [0.05, 0.1) is 12.8 Å². The van der Waals surface area contributed by atoms with E-state index in [-0.39, 0.29) is 12.5 Å². The number of hydrogen-bond acceptors (Lipinski definition) is 4. The number of anilines is 2. The van der Waals surface area contributed by atoms with Crippen LogP contribution in [0.3, 0.4) is 0 Å². The van der Waals surface area contributed by atoms with Gasteiger partial charge in [-0.3, -0.25) is 9.48 Å². The molecule has 1 aromatic carbocycles. The van der Waals surface area contributed by atoms with Gasteiger partial charge in [0.1, 0.15) is 12.3 Å². The summed E-state index contributed by atoms with van der Waals surface area (Å²) in [6.07, 6.45) is 3.35. The second kappa shape index (κ2) is 5.22. The van der Waals surface area contributed by atoms with E-state index >= 15 is 0 Å². The monoisotopic (exact) mass is 246 g/mol. The molecule has 18 heavy (non-hydrogen) atoms. The maximum atomic E-state index is 11.7. The number of nitrogens with one attached hydrogen (secondary N) is 1. The third-order valence-corrected chi connectivity index (χ3v) is 2.38. The summed E-state index contributed by atoms with van der Waals surface area (Å²) in [6.45, 7) is 0.166. The van der Waals surface area contributed by atoms with Gasteiger partial charge in [-0.1, -0.05) is 0 Å². The van der Waals surface area contributed by atoms with Crippen LogP contribution in [0.15, 0.2) is 36.7 Å². The highest BCUT2D eigenvalue weighted by atomic mass is 16.5. The quantitative estimate of drug-likeness (QED) is 0.792. The number of carbonyl (C=O) groups is 1. The number of amides is 1. The molecule has 0 saturated heterocycles. The number of methoxy groups -OCH3 is 1. The van der Waals surface area contributed by atoms with Crippen LogP contribution in [0.2, 0.25) is 0 Å². The van der Waals surface area contributed by atoms with Gasteiger partial charge in [0.2, 0.25) is 5.91 Å². The van der Waals surface area contributed by atoms with Gasteiger partial charge in [0, 0.05) is 24.1 Å². The molecule has 0 spiro atoms. The fourth-order valence-electron chi connectivity index (χ4n) is 1.53. The number of benzene rings is 1. The van der Waals surface area contributed by atoms with Gasteiger partial charge in [-0.2, -0.15) is 5.10 Å². The molecule has 3 N–H and O–H groups in total. The summed E-state index contributed by atoms with van der Waals surface area (Å²) in [5.74, 6) is 0.373. The third-order valence-electron chi connectivity index (χ3n) is 2.38. The highest BCUT2D eigenvalue weighted by Crippen LogP contribution is 2.24. The zero-order valence-electron chi connectivity index (χ0n) is 9.96. The molecule has 6 nitrogen and oxygen atoms in total. The van der Waals surface area contributed by atoms with Crippen molar-refractivity contribution < 1.29 is 9.53 Å². The van der Waals surface area contributed by atoms with Gasteiger partial charge in [-0.25, -0.2) is 0 Å². The third kappa shape index (κ3) is 2.79. The van der Waals surface area contributed by atoms with Crippen LogP contribution in [0.1, 0.15) is 0 Å². The first-order chi connectivity index (χ1) is 8.69. The van der Waals surface area contributed by atoms with Crippen molar-refractivity contribution in [1.82, 2.24) is 9.78 Å². The van der Waals surface area contributed by atoms with Crippen LogP contribution in [0.4, 0.5) is 11.4 Å². The molecule has 2 rings (SSSR count). The van der Waals surface area contributed by atoms with Crippen LogP contribution < -0.4 is 15.8 Å². The maximum Gasteiger partial charge on any atom is 0.246 e. The largest absolute Gasteiger partial charge is 0.495 e. The predicted molar refractivity (Wildman–Crippen MR) is 68.3 cm³/mol. The second-order valence-corrected chi connectivity index (χ2v) is 3.71. The molecule has 0 bridgehead atoms. The van der Waals surface area contributed by atoms with Crippen LogP contribution in [-0.4, -0.2) is 22.8 Å². The molecule has 0 radical (unpaired) electrons. The van der Waals surface area contributed by atoms with Crippen LogP contribution in [0, 0.1) is 0 Å². The highest BCUT2D eigenvalue weighted by molar-refractivity contribution is 5.91.